The van der Waals surface area contributed by atoms with Gasteiger partial charge < -0.3 is 23.7 Å². The molecule has 2 aromatic carbocycles. The normalized spacial score (nSPS) is 32.2. The lowest BCUT2D eigenvalue weighted by molar-refractivity contribution is -0.257. The van der Waals surface area contributed by atoms with E-state index < -0.39 is 46.2 Å². The SMILES string of the molecule is CC(=O)OC[C@@]1(C)C2C[C@H](OC(=O)c3ccc4ccccc4c3)[C@@]3(C)Oc4cc(-c5cccnc5)oc(=O)c4[C@H](O)C3[C@@]2(C)CC[C@@H]1C. The van der Waals surface area contributed by atoms with Crippen molar-refractivity contribution in [3.8, 4) is 17.1 Å². The Morgan fingerprint density at radius 1 is 1.04 bits per heavy atom. The number of fused-ring (bicyclic) bond motifs is 5. The summed E-state index contributed by atoms with van der Waals surface area (Å²) in [6.07, 6.45) is 3.06. The fourth-order valence-electron chi connectivity index (χ4n) is 9.21. The zero-order valence-corrected chi connectivity index (χ0v) is 27.9. The van der Waals surface area contributed by atoms with Crippen LogP contribution in [0.5, 0.6) is 5.75 Å². The van der Waals surface area contributed by atoms with Crippen LogP contribution >= 0.6 is 0 Å². The molecule has 3 heterocycles. The molecule has 250 valence electrons. The number of hydrogen-bond acceptors (Lipinski definition) is 9. The summed E-state index contributed by atoms with van der Waals surface area (Å²) in [4.78, 5) is 43.9. The number of carbonyl (C=O) groups is 2. The Hall–Kier alpha value is -4.50. The summed E-state index contributed by atoms with van der Waals surface area (Å²) in [7, 11) is 0. The minimum atomic E-state index is -1.28. The summed E-state index contributed by atoms with van der Waals surface area (Å²) in [5.74, 6) is -1.09. The van der Waals surface area contributed by atoms with E-state index in [0.29, 0.717) is 17.5 Å². The standard InChI is InChI=1S/C39H41NO8/c1-22-14-15-37(3)30(38(22,4)21-45-23(2)41)19-31(47-35(43)26-13-12-24-9-6-7-10-25(24)17-26)39(5)34(37)33(42)32-29(48-39)18-28(46-36(32)44)27-11-8-16-40-20-27/h6-13,16-18,20,22,30-31,33-34,42H,14-15,19,21H2,1-5H3/t22-,30?,31-,33-,34?,37-,38+,39+/m0/s1. The summed E-state index contributed by atoms with van der Waals surface area (Å²) in [6.45, 7) is 9.86. The zero-order chi connectivity index (χ0) is 34.0. The van der Waals surface area contributed by atoms with Gasteiger partial charge in [0.2, 0.25) is 0 Å². The number of pyridine rings is 1. The number of aliphatic hydroxyl groups excluding tert-OH is 1. The Kier molecular flexibility index (Phi) is 7.74. The molecule has 0 amide bonds. The molecule has 2 aromatic heterocycles. The Labute approximate surface area is 279 Å². The van der Waals surface area contributed by atoms with E-state index in [1.165, 1.54) is 6.92 Å². The predicted molar refractivity (Wildman–Crippen MR) is 178 cm³/mol. The van der Waals surface area contributed by atoms with Crippen LogP contribution in [0.2, 0.25) is 0 Å². The molecule has 3 aliphatic rings. The fourth-order valence-corrected chi connectivity index (χ4v) is 9.21. The van der Waals surface area contributed by atoms with Crippen molar-refractivity contribution in [1.82, 2.24) is 4.98 Å². The van der Waals surface area contributed by atoms with Crippen LogP contribution in [0.3, 0.4) is 0 Å². The molecule has 2 aliphatic carbocycles. The lowest BCUT2D eigenvalue weighted by Crippen LogP contribution is -2.70. The third-order valence-corrected chi connectivity index (χ3v) is 11.9. The molecule has 48 heavy (non-hydrogen) atoms. The molecule has 2 fully saturated rings. The van der Waals surface area contributed by atoms with Gasteiger partial charge in [-0.3, -0.25) is 9.78 Å². The highest BCUT2D eigenvalue weighted by Gasteiger charge is 2.70. The average Bonchev–Trinajstić information content (AvgIpc) is 3.06. The first-order valence-corrected chi connectivity index (χ1v) is 16.6. The van der Waals surface area contributed by atoms with Crippen molar-refractivity contribution in [3.05, 3.63) is 94.6 Å². The van der Waals surface area contributed by atoms with E-state index in [-0.39, 0.29) is 41.5 Å². The van der Waals surface area contributed by atoms with Gasteiger partial charge in [-0.1, -0.05) is 51.1 Å². The Balaban J connectivity index is 1.35. The van der Waals surface area contributed by atoms with E-state index in [1.807, 2.05) is 43.3 Å². The molecule has 0 spiro atoms. The number of hydrogen-bond donors (Lipinski definition) is 1. The second kappa shape index (κ2) is 11.6. The number of rotatable bonds is 5. The second-order valence-corrected chi connectivity index (χ2v) is 14.6. The molecule has 2 saturated carbocycles. The molecule has 1 N–H and O–H groups in total. The summed E-state index contributed by atoms with van der Waals surface area (Å²) < 4.78 is 24.7. The van der Waals surface area contributed by atoms with Crippen LogP contribution < -0.4 is 10.4 Å². The maximum Gasteiger partial charge on any atom is 0.345 e. The molecule has 4 aromatic rings. The first kappa shape index (κ1) is 32.1. The van der Waals surface area contributed by atoms with Crippen molar-refractivity contribution in [1.29, 1.82) is 0 Å². The van der Waals surface area contributed by atoms with Crippen LogP contribution in [0.1, 0.15) is 75.9 Å². The van der Waals surface area contributed by atoms with E-state index in [4.69, 9.17) is 18.6 Å². The van der Waals surface area contributed by atoms with E-state index in [0.717, 1.165) is 23.6 Å². The van der Waals surface area contributed by atoms with Gasteiger partial charge in [0, 0.05) is 42.3 Å². The molecular weight excluding hydrogens is 610 g/mol. The number of nitrogens with zero attached hydrogens (tertiary/aromatic N) is 1. The van der Waals surface area contributed by atoms with Crippen molar-refractivity contribution < 1.29 is 33.3 Å². The van der Waals surface area contributed by atoms with Gasteiger partial charge in [-0.2, -0.15) is 0 Å². The number of esters is 2. The van der Waals surface area contributed by atoms with Gasteiger partial charge in [0.15, 0.2) is 0 Å². The van der Waals surface area contributed by atoms with Gasteiger partial charge >= 0.3 is 17.6 Å². The summed E-state index contributed by atoms with van der Waals surface area (Å²) in [5.41, 5.74) is -1.99. The molecule has 9 nitrogen and oxygen atoms in total. The van der Waals surface area contributed by atoms with Crippen LogP contribution in [0.25, 0.3) is 22.1 Å². The molecule has 0 bridgehead atoms. The van der Waals surface area contributed by atoms with Crippen molar-refractivity contribution >= 4 is 22.7 Å². The van der Waals surface area contributed by atoms with Crippen LogP contribution in [0, 0.1) is 28.6 Å². The molecule has 0 saturated heterocycles. The highest BCUT2D eigenvalue weighted by molar-refractivity contribution is 5.95. The van der Waals surface area contributed by atoms with E-state index in [9.17, 15) is 19.5 Å². The number of ether oxygens (including phenoxy) is 3. The topological polar surface area (TPSA) is 125 Å². The first-order valence-electron chi connectivity index (χ1n) is 16.6. The van der Waals surface area contributed by atoms with Gasteiger partial charge in [-0.25, -0.2) is 9.59 Å². The summed E-state index contributed by atoms with van der Waals surface area (Å²) in [6, 6.07) is 18.4. The smallest absolute Gasteiger partial charge is 0.345 e. The number of carbonyl (C=O) groups excluding carboxylic acids is 2. The Bertz CT molecular complexity index is 1960. The van der Waals surface area contributed by atoms with Crippen molar-refractivity contribution in [2.45, 2.75) is 71.7 Å². The van der Waals surface area contributed by atoms with Crippen LogP contribution in [-0.2, 0) is 14.3 Å². The van der Waals surface area contributed by atoms with Crippen LogP contribution in [0.4, 0.5) is 0 Å². The first-order chi connectivity index (χ1) is 22.8. The number of aromatic nitrogens is 1. The zero-order valence-electron chi connectivity index (χ0n) is 27.9. The van der Waals surface area contributed by atoms with E-state index in [1.54, 1.807) is 36.7 Å². The maximum absolute atomic E-state index is 14.0. The molecular formula is C39H41NO8. The Morgan fingerprint density at radius 3 is 2.54 bits per heavy atom. The fraction of sp³-hybridized carbons (Fsp3) is 0.436. The van der Waals surface area contributed by atoms with Crippen LogP contribution in [0.15, 0.2) is 82.3 Å². The van der Waals surface area contributed by atoms with Gasteiger partial charge in [0.05, 0.1) is 18.3 Å². The van der Waals surface area contributed by atoms with Gasteiger partial charge in [-0.05, 0) is 78.5 Å². The monoisotopic (exact) mass is 651 g/mol. The number of benzene rings is 2. The lowest BCUT2D eigenvalue weighted by atomic mass is 9.41. The molecule has 9 heteroatoms. The van der Waals surface area contributed by atoms with Crippen LogP contribution in [-0.4, -0.2) is 40.3 Å². The minimum Gasteiger partial charge on any atom is -0.482 e. The summed E-state index contributed by atoms with van der Waals surface area (Å²) in [5, 5.41) is 14.2. The van der Waals surface area contributed by atoms with Crippen molar-refractivity contribution in [2.75, 3.05) is 6.61 Å². The van der Waals surface area contributed by atoms with E-state index in [2.05, 4.69) is 25.8 Å². The third-order valence-electron chi connectivity index (χ3n) is 11.9. The lowest BCUT2D eigenvalue weighted by Gasteiger charge is -2.66. The largest absolute Gasteiger partial charge is 0.482 e. The van der Waals surface area contributed by atoms with Crippen molar-refractivity contribution in [2.24, 2.45) is 28.6 Å². The molecule has 2 unspecified atom stereocenters. The van der Waals surface area contributed by atoms with Gasteiger partial charge in [0.25, 0.3) is 0 Å². The molecule has 7 rings (SSSR count). The van der Waals surface area contributed by atoms with Gasteiger partial charge in [-0.15, -0.1) is 0 Å². The Morgan fingerprint density at radius 2 is 1.81 bits per heavy atom. The predicted octanol–water partition coefficient (Wildman–Crippen LogP) is 6.91. The molecule has 8 atom stereocenters. The molecule has 1 aliphatic heterocycles. The molecule has 0 radical (unpaired) electrons. The van der Waals surface area contributed by atoms with E-state index >= 15 is 0 Å². The quantitative estimate of drug-likeness (QED) is 0.229. The van der Waals surface area contributed by atoms with Gasteiger partial charge in [0.1, 0.15) is 28.8 Å². The third kappa shape index (κ3) is 5.02. The minimum absolute atomic E-state index is 0.0481. The maximum atomic E-state index is 14.0. The summed E-state index contributed by atoms with van der Waals surface area (Å²) >= 11 is 0. The van der Waals surface area contributed by atoms with Crippen molar-refractivity contribution in [3.63, 3.8) is 0 Å². The highest BCUT2D eigenvalue weighted by atomic mass is 16.6. The number of aliphatic hydroxyl groups is 1. The second-order valence-electron chi connectivity index (χ2n) is 14.6. The highest BCUT2D eigenvalue weighted by Crippen LogP contribution is 2.68. The average molecular weight is 652 g/mol.